The Kier molecular flexibility index (Phi) is 4.37. The van der Waals surface area contributed by atoms with Crippen LogP contribution in [0.4, 0.5) is 0 Å². The number of aryl methyl sites for hydroxylation is 1. The Morgan fingerprint density at radius 1 is 1.30 bits per heavy atom. The van der Waals surface area contributed by atoms with Crippen molar-refractivity contribution in [2.24, 2.45) is 0 Å². The topological polar surface area (TPSA) is 55.8 Å². The van der Waals surface area contributed by atoms with Gasteiger partial charge in [0.05, 0.1) is 12.2 Å². The minimum atomic E-state index is -0.289. The van der Waals surface area contributed by atoms with Gasteiger partial charge in [-0.1, -0.05) is 17.7 Å². The highest BCUT2D eigenvalue weighted by Gasteiger charge is 2.15. The highest BCUT2D eigenvalue weighted by Crippen LogP contribution is 2.32. The van der Waals surface area contributed by atoms with Crippen molar-refractivity contribution in [1.82, 2.24) is 0 Å². The van der Waals surface area contributed by atoms with Crippen molar-refractivity contribution in [2.45, 2.75) is 13.5 Å². The molecule has 1 aliphatic rings. The Morgan fingerprint density at radius 2 is 2.13 bits per heavy atom. The van der Waals surface area contributed by atoms with Crippen LogP contribution in [0.3, 0.4) is 0 Å². The number of hydrogen-bond acceptors (Lipinski definition) is 4. The van der Waals surface area contributed by atoms with E-state index in [0.29, 0.717) is 22.9 Å². The third-order valence-electron chi connectivity index (χ3n) is 3.54. The largest absolute Gasteiger partial charge is 0.507 e. The van der Waals surface area contributed by atoms with Gasteiger partial charge in [-0.3, -0.25) is 4.79 Å². The van der Waals surface area contributed by atoms with Crippen molar-refractivity contribution in [3.05, 3.63) is 63.7 Å². The third-order valence-corrected chi connectivity index (χ3v) is 3.75. The molecule has 1 aliphatic heterocycles. The number of carbonyl (C=O) groups is 1. The van der Waals surface area contributed by atoms with Crippen LogP contribution in [-0.4, -0.2) is 17.7 Å². The molecular formula is C18H15ClO4. The second-order valence-electron chi connectivity index (χ2n) is 5.31. The summed E-state index contributed by atoms with van der Waals surface area (Å²) in [6, 6.07) is 8.45. The van der Waals surface area contributed by atoms with Crippen LogP contribution >= 0.6 is 11.6 Å². The van der Waals surface area contributed by atoms with Gasteiger partial charge in [0.1, 0.15) is 11.5 Å². The molecule has 0 aliphatic carbocycles. The van der Waals surface area contributed by atoms with Gasteiger partial charge in [-0.2, -0.15) is 0 Å². The number of hydrogen-bond donors (Lipinski definition) is 1. The van der Waals surface area contributed by atoms with Gasteiger partial charge >= 0.3 is 0 Å². The summed E-state index contributed by atoms with van der Waals surface area (Å²) in [4.78, 5) is 12.3. The van der Waals surface area contributed by atoms with Crippen molar-refractivity contribution in [3.63, 3.8) is 0 Å². The summed E-state index contributed by atoms with van der Waals surface area (Å²) in [6.45, 7) is 2.44. The van der Waals surface area contributed by atoms with E-state index in [1.807, 2.05) is 6.92 Å². The van der Waals surface area contributed by atoms with Gasteiger partial charge in [0.25, 0.3) is 0 Å². The summed E-state index contributed by atoms with van der Waals surface area (Å²) in [7, 11) is 0. The van der Waals surface area contributed by atoms with Crippen LogP contribution in [0.2, 0.25) is 5.02 Å². The van der Waals surface area contributed by atoms with E-state index in [0.717, 1.165) is 11.1 Å². The molecular weight excluding hydrogens is 316 g/mol. The van der Waals surface area contributed by atoms with E-state index in [2.05, 4.69) is 0 Å². The average molecular weight is 331 g/mol. The predicted octanol–water partition coefficient (Wildman–Crippen LogP) is 4.12. The number of phenolic OH excluding ortho intramolecular Hbond substituents is 1. The smallest absolute Gasteiger partial charge is 0.189 e. The molecule has 0 aromatic heterocycles. The van der Waals surface area contributed by atoms with Crippen LogP contribution in [-0.2, 0) is 11.3 Å². The van der Waals surface area contributed by atoms with Crippen LogP contribution in [0.1, 0.15) is 27.0 Å². The fourth-order valence-corrected chi connectivity index (χ4v) is 2.69. The lowest BCUT2D eigenvalue weighted by atomic mass is 10.0. The van der Waals surface area contributed by atoms with Gasteiger partial charge in [0.15, 0.2) is 12.6 Å². The lowest BCUT2D eigenvalue weighted by Gasteiger charge is -2.19. The van der Waals surface area contributed by atoms with Crippen molar-refractivity contribution >= 4 is 23.5 Å². The lowest BCUT2D eigenvalue weighted by molar-refractivity contribution is -0.0165. The van der Waals surface area contributed by atoms with Crippen molar-refractivity contribution < 1.29 is 19.4 Å². The number of halogens is 1. The van der Waals surface area contributed by atoms with Crippen molar-refractivity contribution in [2.75, 3.05) is 6.79 Å². The number of phenols is 1. The number of benzene rings is 2. The quantitative estimate of drug-likeness (QED) is 0.679. The first-order valence-corrected chi connectivity index (χ1v) is 7.47. The number of fused-ring (bicyclic) bond motifs is 1. The Morgan fingerprint density at radius 3 is 2.91 bits per heavy atom. The van der Waals surface area contributed by atoms with E-state index < -0.39 is 0 Å². The molecule has 0 atom stereocenters. The molecule has 0 unspecified atom stereocenters. The van der Waals surface area contributed by atoms with Gasteiger partial charge in [-0.15, -0.1) is 0 Å². The molecule has 0 bridgehead atoms. The first kappa shape index (κ1) is 15.6. The van der Waals surface area contributed by atoms with Crippen LogP contribution in [0, 0.1) is 6.92 Å². The fraction of sp³-hybridized carbons (Fsp3) is 0.167. The molecule has 0 saturated heterocycles. The summed E-state index contributed by atoms with van der Waals surface area (Å²) < 4.78 is 10.7. The summed E-state index contributed by atoms with van der Waals surface area (Å²) in [6.07, 6.45) is 3.03. The standard InChI is InChI=1S/C18H15ClO4/c1-11-2-4-15(17(21)6-11)16(20)5-3-12-7-14(19)8-13-9-22-10-23-18(12)13/h2-8,21H,9-10H2,1H3. The second-order valence-corrected chi connectivity index (χ2v) is 5.75. The maximum Gasteiger partial charge on any atom is 0.189 e. The number of carbonyl (C=O) groups excluding carboxylic acids is 1. The second kappa shape index (κ2) is 6.44. The minimum Gasteiger partial charge on any atom is -0.507 e. The van der Waals surface area contributed by atoms with E-state index in [9.17, 15) is 9.90 Å². The van der Waals surface area contributed by atoms with Crippen LogP contribution in [0.25, 0.3) is 6.08 Å². The zero-order valence-electron chi connectivity index (χ0n) is 12.5. The summed E-state index contributed by atoms with van der Waals surface area (Å²) in [5, 5.41) is 10.4. The van der Waals surface area contributed by atoms with E-state index in [4.69, 9.17) is 21.1 Å². The predicted molar refractivity (Wildman–Crippen MR) is 87.9 cm³/mol. The molecule has 0 saturated carbocycles. The molecule has 5 heteroatoms. The monoisotopic (exact) mass is 330 g/mol. The van der Waals surface area contributed by atoms with Crippen LogP contribution < -0.4 is 4.74 Å². The maximum absolute atomic E-state index is 12.3. The van der Waals surface area contributed by atoms with Gasteiger partial charge < -0.3 is 14.6 Å². The Hall–Kier alpha value is -2.30. The lowest BCUT2D eigenvalue weighted by Crippen LogP contribution is -2.12. The zero-order valence-corrected chi connectivity index (χ0v) is 13.3. The first-order valence-electron chi connectivity index (χ1n) is 7.09. The van der Waals surface area contributed by atoms with Gasteiger partial charge in [-0.05, 0) is 48.9 Å². The molecule has 3 rings (SSSR count). The number of aromatic hydroxyl groups is 1. The van der Waals surface area contributed by atoms with Gasteiger partial charge in [0, 0.05) is 16.1 Å². The molecule has 2 aromatic rings. The number of ketones is 1. The van der Waals surface area contributed by atoms with Crippen molar-refractivity contribution in [1.29, 1.82) is 0 Å². The van der Waals surface area contributed by atoms with E-state index in [-0.39, 0.29) is 23.9 Å². The molecule has 1 heterocycles. The molecule has 0 fully saturated rings. The Labute approximate surface area is 138 Å². The van der Waals surface area contributed by atoms with Crippen LogP contribution in [0.5, 0.6) is 11.5 Å². The minimum absolute atomic E-state index is 0.0302. The summed E-state index contributed by atoms with van der Waals surface area (Å²) in [5.74, 6) is 0.346. The van der Waals surface area contributed by atoms with Gasteiger partial charge in [-0.25, -0.2) is 0 Å². The molecule has 0 spiro atoms. The van der Waals surface area contributed by atoms with E-state index in [1.165, 1.54) is 6.08 Å². The number of rotatable bonds is 3. The molecule has 1 N–H and O–H groups in total. The van der Waals surface area contributed by atoms with Gasteiger partial charge in [0.2, 0.25) is 0 Å². The third kappa shape index (κ3) is 3.38. The maximum atomic E-state index is 12.3. The molecule has 118 valence electrons. The highest BCUT2D eigenvalue weighted by atomic mass is 35.5. The highest BCUT2D eigenvalue weighted by molar-refractivity contribution is 6.30. The van der Waals surface area contributed by atoms with Crippen LogP contribution in [0.15, 0.2) is 36.4 Å². The fourth-order valence-electron chi connectivity index (χ4n) is 2.44. The van der Waals surface area contributed by atoms with Crippen molar-refractivity contribution in [3.8, 4) is 11.5 Å². The number of allylic oxidation sites excluding steroid dienone is 1. The summed E-state index contributed by atoms with van der Waals surface area (Å²) in [5.41, 5.74) is 2.69. The molecule has 0 amide bonds. The first-order chi connectivity index (χ1) is 11.0. The average Bonchev–Trinajstić information content (AvgIpc) is 2.52. The SMILES string of the molecule is Cc1ccc(C(=O)C=Cc2cc(Cl)cc3c2OCOC3)c(O)c1. The normalized spacial score (nSPS) is 13.7. The Bertz CT molecular complexity index is 796. The molecule has 0 radical (unpaired) electrons. The molecule has 4 nitrogen and oxygen atoms in total. The van der Waals surface area contributed by atoms with E-state index >= 15 is 0 Å². The molecule has 2 aromatic carbocycles. The Balaban J connectivity index is 1.91. The van der Waals surface area contributed by atoms with E-state index in [1.54, 1.807) is 36.4 Å². The zero-order chi connectivity index (χ0) is 16.4. The summed E-state index contributed by atoms with van der Waals surface area (Å²) >= 11 is 6.09. The molecule has 23 heavy (non-hydrogen) atoms. The number of ether oxygens (including phenoxy) is 2.